The molecule has 1 aromatic carbocycles. The average molecular weight is 305 g/mol. The minimum Gasteiger partial charge on any atom is -0.366 e. The average Bonchev–Trinajstić information content (AvgIpc) is 2.39. The van der Waals surface area contributed by atoms with E-state index in [0.717, 1.165) is 12.1 Å². The number of carbonyl (C=O) groups excluding carboxylic acids is 1. The lowest BCUT2D eigenvalue weighted by Gasteiger charge is -2.24. The molecule has 2 rings (SSSR count). The molecule has 1 heterocycles. The van der Waals surface area contributed by atoms with Crippen LogP contribution in [0.5, 0.6) is 0 Å². The fraction of sp³-hybridized carbons (Fsp3) is 0.462. The van der Waals surface area contributed by atoms with E-state index in [-0.39, 0.29) is 24.4 Å². The third-order valence-electron chi connectivity index (χ3n) is 2.93. The molecule has 2 N–H and O–H groups in total. The summed E-state index contributed by atoms with van der Waals surface area (Å²) in [6.07, 6.45) is -0.402. The van der Waals surface area contributed by atoms with Gasteiger partial charge in [-0.15, -0.1) is 12.4 Å². The second-order valence-electron chi connectivity index (χ2n) is 4.35. The largest absolute Gasteiger partial charge is 0.366 e. The molecule has 1 amide bonds. The van der Waals surface area contributed by atoms with Crippen LogP contribution in [0.1, 0.15) is 18.5 Å². The Labute approximate surface area is 124 Å². The van der Waals surface area contributed by atoms with Crippen LogP contribution in [0.2, 0.25) is 5.02 Å². The van der Waals surface area contributed by atoms with Crippen molar-refractivity contribution < 1.29 is 9.53 Å². The van der Waals surface area contributed by atoms with Gasteiger partial charge in [0.1, 0.15) is 6.10 Å². The lowest BCUT2D eigenvalue weighted by Crippen LogP contribution is -2.48. The number of carbonyl (C=O) groups is 1. The first kappa shape index (κ1) is 16.2. The van der Waals surface area contributed by atoms with E-state index in [2.05, 4.69) is 10.6 Å². The van der Waals surface area contributed by atoms with Gasteiger partial charge >= 0.3 is 0 Å². The predicted molar refractivity (Wildman–Crippen MR) is 77.9 cm³/mol. The zero-order valence-corrected chi connectivity index (χ0v) is 12.3. The molecule has 0 aliphatic carbocycles. The van der Waals surface area contributed by atoms with Crippen molar-refractivity contribution >= 4 is 29.9 Å². The topological polar surface area (TPSA) is 50.4 Å². The second kappa shape index (κ2) is 7.70. The zero-order valence-electron chi connectivity index (χ0n) is 10.7. The van der Waals surface area contributed by atoms with Gasteiger partial charge < -0.3 is 15.4 Å². The predicted octanol–water partition coefficient (Wildman–Crippen LogP) is 1.93. The molecule has 0 bridgehead atoms. The van der Waals surface area contributed by atoms with E-state index in [1.165, 1.54) is 0 Å². The molecule has 1 aliphatic heterocycles. The Kier molecular flexibility index (Phi) is 6.58. The Morgan fingerprint density at radius 1 is 1.58 bits per heavy atom. The Bertz CT molecular complexity index is 423. The molecule has 1 fully saturated rings. The summed E-state index contributed by atoms with van der Waals surface area (Å²) in [6.45, 7) is 3.87. The van der Waals surface area contributed by atoms with Crippen molar-refractivity contribution in [2.75, 3.05) is 19.7 Å². The summed E-state index contributed by atoms with van der Waals surface area (Å²) in [4.78, 5) is 12.0. The van der Waals surface area contributed by atoms with Gasteiger partial charge in [0.25, 0.3) is 5.91 Å². The van der Waals surface area contributed by atoms with Crippen molar-refractivity contribution in [1.82, 2.24) is 10.6 Å². The summed E-state index contributed by atoms with van der Waals surface area (Å²) >= 11 is 5.93. The normalized spacial score (nSPS) is 20.2. The van der Waals surface area contributed by atoms with Crippen LogP contribution in [0.4, 0.5) is 0 Å². The van der Waals surface area contributed by atoms with Gasteiger partial charge in [0.15, 0.2) is 0 Å². The van der Waals surface area contributed by atoms with Crippen LogP contribution >= 0.6 is 24.0 Å². The number of halogens is 2. The van der Waals surface area contributed by atoms with Crippen LogP contribution in [0, 0.1) is 0 Å². The highest BCUT2D eigenvalue weighted by molar-refractivity contribution is 6.30. The zero-order chi connectivity index (χ0) is 13.0. The maximum Gasteiger partial charge on any atom is 0.250 e. The summed E-state index contributed by atoms with van der Waals surface area (Å²) in [6, 6.07) is 7.40. The van der Waals surface area contributed by atoms with Crippen LogP contribution in [0.3, 0.4) is 0 Å². The minimum atomic E-state index is -0.402. The second-order valence-corrected chi connectivity index (χ2v) is 4.79. The molecule has 6 heteroatoms. The highest BCUT2D eigenvalue weighted by Crippen LogP contribution is 2.17. The number of hydrogen-bond donors (Lipinski definition) is 2. The summed E-state index contributed by atoms with van der Waals surface area (Å²) in [5.41, 5.74) is 0.986. The maximum absolute atomic E-state index is 12.0. The Morgan fingerprint density at radius 2 is 2.37 bits per heavy atom. The lowest BCUT2D eigenvalue weighted by atomic mass is 10.1. The first-order chi connectivity index (χ1) is 8.66. The van der Waals surface area contributed by atoms with Gasteiger partial charge in [-0.05, 0) is 24.6 Å². The van der Waals surface area contributed by atoms with E-state index in [1.54, 1.807) is 0 Å². The van der Waals surface area contributed by atoms with Crippen LogP contribution in [0.25, 0.3) is 0 Å². The van der Waals surface area contributed by atoms with E-state index in [1.807, 2.05) is 31.2 Å². The van der Waals surface area contributed by atoms with Crippen LogP contribution < -0.4 is 10.6 Å². The van der Waals surface area contributed by atoms with E-state index in [9.17, 15) is 4.79 Å². The standard InChI is InChI=1S/C13H17ClN2O2.ClH/c1-9(10-3-2-4-11(14)7-10)16-13(17)12-8-15-5-6-18-12;/h2-4,7,9,12,15H,5-6,8H2,1H3,(H,16,17);1H. The number of morpholine rings is 1. The quantitative estimate of drug-likeness (QED) is 0.897. The van der Waals surface area contributed by atoms with Gasteiger partial charge in [0.05, 0.1) is 12.6 Å². The number of nitrogens with one attached hydrogen (secondary N) is 2. The summed E-state index contributed by atoms with van der Waals surface area (Å²) in [5.74, 6) is -0.0883. The molecule has 0 aromatic heterocycles. The van der Waals surface area contributed by atoms with Crippen molar-refractivity contribution in [3.05, 3.63) is 34.9 Å². The van der Waals surface area contributed by atoms with Gasteiger partial charge in [-0.2, -0.15) is 0 Å². The first-order valence-corrected chi connectivity index (χ1v) is 6.43. The number of benzene rings is 1. The third-order valence-corrected chi connectivity index (χ3v) is 3.16. The number of rotatable bonds is 3. The molecule has 0 radical (unpaired) electrons. The van der Waals surface area contributed by atoms with Crippen molar-refractivity contribution in [2.24, 2.45) is 0 Å². The van der Waals surface area contributed by atoms with Crippen molar-refractivity contribution in [3.63, 3.8) is 0 Å². The van der Waals surface area contributed by atoms with Crippen molar-refractivity contribution in [3.8, 4) is 0 Å². The molecule has 1 saturated heterocycles. The van der Waals surface area contributed by atoms with Gasteiger partial charge in [0.2, 0.25) is 0 Å². The molecule has 4 nitrogen and oxygen atoms in total. The van der Waals surface area contributed by atoms with Crippen molar-refractivity contribution in [1.29, 1.82) is 0 Å². The molecule has 0 spiro atoms. The van der Waals surface area contributed by atoms with Gasteiger partial charge in [-0.3, -0.25) is 4.79 Å². The highest BCUT2D eigenvalue weighted by Gasteiger charge is 2.23. The Hall–Kier alpha value is -0.810. The first-order valence-electron chi connectivity index (χ1n) is 6.05. The van der Waals surface area contributed by atoms with Gasteiger partial charge in [-0.25, -0.2) is 0 Å². The monoisotopic (exact) mass is 304 g/mol. The van der Waals surface area contributed by atoms with E-state index in [4.69, 9.17) is 16.3 Å². The SMILES string of the molecule is CC(NC(=O)C1CNCCO1)c1cccc(Cl)c1.Cl. The Balaban J connectivity index is 0.00000180. The molecule has 2 atom stereocenters. The molecule has 0 saturated carbocycles. The highest BCUT2D eigenvalue weighted by atomic mass is 35.5. The van der Waals surface area contributed by atoms with Crippen molar-refractivity contribution in [2.45, 2.75) is 19.1 Å². The molecule has 19 heavy (non-hydrogen) atoms. The molecule has 2 unspecified atom stereocenters. The van der Waals surface area contributed by atoms with Gasteiger partial charge in [0, 0.05) is 18.1 Å². The smallest absolute Gasteiger partial charge is 0.250 e. The van der Waals surface area contributed by atoms with Crippen LogP contribution in [-0.2, 0) is 9.53 Å². The fourth-order valence-corrected chi connectivity index (χ4v) is 2.10. The summed E-state index contributed by atoms with van der Waals surface area (Å²) < 4.78 is 5.40. The number of hydrogen-bond acceptors (Lipinski definition) is 3. The molecule has 1 aliphatic rings. The Morgan fingerprint density at radius 3 is 3.00 bits per heavy atom. The van der Waals surface area contributed by atoms with Crippen LogP contribution in [-0.4, -0.2) is 31.7 Å². The number of amides is 1. The lowest BCUT2D eigenvalue weighted by molar-refractivity contribution is -0.134. The molecular formula is C13H18Cl2N2O2. The molecule has 106 valence electrons. The summed E-state index contributed by atoms with van der Waals surface area (Å²) in [5, 5.41) is 6.73. The summed E-state index contributed by atoms with van der Waals surface area (Å²) in [7, 11) is 0. The van der Waals surface area contributed by atoms with E-state index < -0.39 is 6.10 Å². The molecular weight excluding hydrogens is 287 g/mol. The van der Waals surface area contributed by atoms with E-state index in [0.29, 0.717) is 18.2 Å². The van der Waals surface area contributed by atoms with Crippen LogP contribution in [0.15, 0.2) is 24.3 Å². The number of ether oxygens (including phenoxy) is 1. The maximum atomic E-state index is 12.0. The minimum absolute atomic E-state index is 0. The molecule has 1 aromatic rings. The van der Waals surface area contributed by atoms with E-state index >= 15 is 0 Å². The van der Waals surface area contributed by atoms with Gasteiger partial charge in [-0.1, -0.05) is 23.7 Å². The fourth-order valence-electron chi connectivity index (χ4n) is 1.90. The third kappa shape index (κ3) is 4.66.